The average Bonchev–Trinajstić information content (AvgIpc) is 2.37. The topological polar surface area (TPSA) is 24.8 Å². The second kappa shape index (κ2) is 5.34. The first-order chi connectivity index (χ1) is 8.96. The van der Waals surface area contributed by atoms with Crippen LogP contribution in [-0.2, 0) is 0 Å². The SMILES string of the molecule is CC(c1cccc(OC(F)(F)F)c1)N1C=CC=NC1. The molecule has 102 valence electrons. The van der Waals surface area contributed by atoms with Crippen LogP contribution < -0.4 is 4.74 Å². The van der Waals surface area contributed by atoms with Crippen LogP contribution in [0.5, 0.6) is 5.75 Å². The summed E-state index contributed by atoms with van der Waals surface area (Å²) < 4.78 is 40.4. The Labute approximate surface area is 109 Å². The Morgan fingerprint density at radius 1 is 1.37 bits per heavy atom. The third kappa shape index (κ3) is 3.74. The van der Waals surface area contributed by atoms with E-state index in [0.29, 0.717) is 6.67 Å². The highest BCUT2D eigenvalue weighted by atomic mass is 19.4. The zero-order valence-electron chi connectivity index (χ0n) is 10.3. The van der Waals surface area contributed by atoms with Crippen molar-refractivity contribution in [2.24, 2.45) is 4.99 Å². The number of aliphatic imine (C=N–C) groups is 1. The fourth-order valence-electron chi connectivity index (χ4n) is 1.81. The van der Waals surface area contributed by atoms with E-state index in [1.165, 1.54) is 12.1 Å². The molecule has 0 fully saturated rings. The molecule has 2 rings (SSSR count). The third-order valence-electron chi connectivity index (χ3n) is 2.79. The van der Waals surface area contributed by atoms with Crippen LogP contribution in [0.1, 0.15) is 18.5 Å². The van der Waals surface area contributed by atoms with Gasteiger partial charge in [0.15, 0.2) is 0 Å². The first-order valence-electron chi connectivity index (χ1n) is 5.74. The molecule has 1 unspecified atom stereocenters. The second-order valence-corrected chi connectivity index (χ2v) is 4.13. The van der Waals surface area contributed by atoms with Crippen molar-refractivity contribution in [2.45, 2.75) is 19.3 Å². The summed E-state index contributed by atoms with van der Waals surface area (Å²) in [5.41, 5.74) is 0.739. The van der Waals surface area contributed by atoms with Gasteiger partial charge in [0.25, 0.3) is 0 Å². The summed E-state index contributed by atoms with van der Waals surface area (Å²) in [7, 11) is 0. The summed E-state index contributed by atoms with van der Waals surface area (Å²) in [6, 6.07) is 5.91. The molecule has 0 aliphatic carbocycles. The molecule has 1 heterocycles. The summed E-state index contributed by atoms with van der Waals surface area (Å²) in [5, 5.41) is 0. The van der Waals surface area contributed by atoms with Gasteiger partial charge >= 0.3 is 6.36 Å². The normalized spacial score (nSPS) is 16.5. The molecule has 0 saturated carbocycles. The highest BCUT2D eigenvalue weighted by Crippen LogP contribution is 2.28. The Kier molecular flexibility index (Phi) is 3.78. The van der Waals surface area contributed by atoms with Crippen LogP contribution in [-0.4, -0.2) is 24.1 Å². The van der Waals surface area contributed by atoms with Gasteiger partial charge in [-0.1, -0.05) is 12.1 Å². The van der Waals surface area contributed by atoms with Crippen LogP contribution in [0.15, 0.2) is 41.5 Å². The number of allylic oxidation sites excluding steroid dienone is 1. The number of hydrogen-bond donors (Lipinski definition) is 0. The molecule has 1 aliphatic rings. The van der Waals surface area contributed by atoms with Crippen molar-refractivity contribution in [3.05, 3.63) is 42.1 Å². The highest BCUT2D eigenvalue weighted by molar-refractivity contribution is 5.71. The lowest BCUT2D eigenvalue weighted by Crippen LogP contribution is -2.23. The van der Waals surface area contributed by atoms with Crippen molar-refractivity contribution in [3.63, 3.8) is 0 Å². The second-order valence-electron chi connectivity index (χ2n) is 4.13. The summed E-state index contributed by atoms with van der Waals surface area (Å²) in [6.45, 7) is 2.39. The standard InChI is InChI=1S/C13H13F3N2O/c1-10(18-7-3-6-17-9-18)11-4-2-5-12(8-11)19-13(14,15)16/h2-8,10H,9H2,1H3. The molecule has 0 bridgehead atoms. The average molecular weight is 270 g/mol. The minimum Gasteiger partial charge on any atom is -0.406 e. The van der Waals surface area contributed by atoms with Crippen LogP contribution in [0, 0.1) is 0 Å². The van der Waals surface area contributed by atoms with E-state index in [0.717, 1.165) is 5.56 Å². The monoisotopic (exact) mass is 270 g/mol. The molecule has 0 amide bonds. The number of ether oxygens (including phenoxy) is 1. The van der Waals surface area contributed by atoms with Gasteiger partial charge in [-0.2, -0.15) is 0 Å². The summed E-state index contributed by atoms with van der Waals surface area (Å²) in [5.74, 6) is -0.207. The van der Waals surface area contributed by atoms with Crippen molar-refractivity contribution >= 4 is 6.21 Å². The van der Waals surface area contributed by atoms with E-state index in [-0.39, 0.29) is 11.8 Å². The molecule has 1 aliphatic heterocycles. The van der Waals surface area contributed by atoms with Gasteiger partial charge < -0.3 is 9.64 Å². The van der Waals surface area contributed by atoms with E-state index in [4.69, 9.17) is 0 Å². The van der Waals surface area contributed by atoms with Crippen molar-refractivity contribution in [1.82, 2.24) is 4.90 Å². The Balaban J connectivity index is 2.14. The van der Waals surface area contributed by atoms with Gasteiger partial charge in [0.1, 0.15) is 12.4 Å². The van der Waals surface area contributed by atoms with Crippen molar-refractivity contribution < 1.29 is 17.9 Å². The molecule has 19 heavy (non-hydrogen) atoms. The molecule has 0 aromatic heterocycles. The zero-order valence-corrected chi connectivity index (χ0v) is 10.3. The highest BCUT2D eigenvalue weighted by Gasteiger charge is 2.31. The lowest BCUT2D eigenvalue weighted by Gasteiger charge is -2.28. The van der Waals surface area contributed by atoms with Gasteiger partial charge in [-0.25, -0.2) is 0 Å². The number of alkyl halides is 3. The molecule has 3 nitrogen and oxygen atoms in total. The summed E-state index contributed by atoms with van der Waals surface area (Å²) in [6.07, 6.45) is 0.661. The molecule has 1 aromatic carbocycles. The Morgan fingerprint density at radius 2 is 2.16 bits per heavy atom. The van der Waals surface area contributed by atoms with Crippen molar-refractivity contribution in [1.29, 1.82) is 0 Å². The van der Waals surface area contributed by atoms with Gasteiger partial charge in [0.05, 0.1) is 6.04 Å². The van der Waals surface area contributed by atoms with Crippen LogP contribution in [0.3, 0.4) is 0 Å². The number of halogens is 3. The summed E-state index contributed by atoms with van der Waals surface area (Å²) >= 11 is 0. The van der Waals surface area contributed by atoms with Crippen LogP contribution >= 0.6 is 0 Å². The Bertz CT molecular complexity index is 497. The smallest absolute Gasteiger partial charge is 0.406 e. The molecule has 0 saturated heterocycles. The quantitative estimate of drug-likeness (QED) is 0.839. The first kappa shape index (κ1) is 13.5. The Morgan fingerprint density at radius 3 is 2.79 bits per heavy atom. The molecule has 6 heteroatoms. The van der Waals surface area contributed by atoms with E-state index >= 15 is 0 Å². The number of hydrogen-bond acceptors (Lipinski definition) is 3. The predicted octanol–water partition coefficient (Wildman–Crippen LogP) is 3.50. The maximum absolute atomic E-state index is 12.2. The van der Waals surface area contributed by atoms with Gasteiger partial charge in [-0.05, 0) is 30.7 Å². The fraction of sp³-hybridized carbons (Fsp3) is 0.308. The largest absolute Gasteiger partial charge is 0.573 e. The van der Waals surface area contributed by atoms with Gasteiger partial charge in [-0.3, -0.25) is 4.99 Å². The van der Waals surface area contributed by atoms with Gasteiger partial charge in [0, 0.05) is 12.4 Å². The van der Waals surface area contributed by atoms with Gasteiger partial charge in [0.2, 0.25) is 0 Å². The number of rotatable bonds is 3. The minimum absolute atomic E-state index is 0.0783. The molecule has 1 aromatic rings. The molecule has 0 radical (unpaired) electrons. The molecule has 1 atom stereocenters. The lowest BCUT2D eigenvalue weighted by molar-refractivity contribution is -0.274. The van der Waals surface area contributed by atoms with E-state index in [9.17, 15) is 13.2 Å². The molecule has 0 spiro atoms. The molecule has 0 N–H and O–H groups in total. The lowest BCUT2D eigenvalue weighted by atomic mass is 10.1. The van der Waals surface area contributed by atoms with Crippen LogP contribution in [0.2, 0.25) is 0 Å². The van der Waals surface area contributed by atoms with Crippen molar-refractivity contribution in [2.75, 3.05) is 6.67 Å². The summed E-state index contributed by atoms with van der Waals surface area (Å²) in [4.78, 5) is 6.01. The van der Waals surface area contributed by atoms with Crippen molar-refractivity contribution in [3.8, 4) is 5.75 Å². The predicted molar refractivity (Wildman–Crippen MR) is 65.9 cm³/mol. The maximum Gasteiger partial charge on any atom is 0.573 e. The van der Waals surface area contributed by atoms with E-state index in [1.54, 1.807) is 24.4 Å². The van der Waals surface area contributed by atoms with Gasteiger partial charge in [-0.15, -0.1) is 13.2 Å². The van der Waals surface area contributed by atoms with E-state index in [2.05, 4.69) is 9.73 Å². The third-order valence-corrected chi connectivity index (χ3v) is 2.79. The van der Waals surface area contributed by atoms with E-state index in [1.807, 2.05) is 18.0 Å². The van der Waals surface area contributed by atoms with Crippen LogP contribution in [0.4, 0.5) is 13.2 Å². The number of benzene rings is 1. The van der Waals surface area contributed by atoms with Crippen LogP contribution in [0.25, 0.3) is 0 Å². The first-order valence-corrected chi connectivity index (χ1v) is 5.74. The van der Waals surface area contributed by atoms with E-state index < -0.39 is 6.36 Å². The maximum atomic E-state index is 12.2. The zero-order chi connectivity index (χ0) is 13.9. The molecular formula is C13H13F3N2O. The molecular weight excluding hydrogens is 257 g/mol. The minimum atomic E-state index is -4.67. The number of nitrogens with zero attached hydrogens (tertiary/aromatic N) is 2. The fourth-order valence-corrected chi connectivity index (χ4v) is 1.81. The Hall–Kier alpha value is -1.98.